The van der Waals surface area contributed by atoms with Gasteiger partial charge in [-0.15, -0.1) is 0 Å². The summed E-state index contributed by atoms with van der Waals surface area (Å²) in [5, 5.41) is 10.0. The first-order valence-corrected chi connectivity index (χ1v) is 8.54. The van der Waals surface area contributed by atoms with Crippen LogP contribution in [0.5, 0.6) is 5.75 Å². The minimum absolute atomic E-state index is 0.0272. The topological polar surface area (TPSA) is 52.9 Å². The Hall–Kier alpha value is -2.53. The van der Waals surface area contributed by atoms with Gasteiger partial charge in [0.05, 0.1) is 10.6 Å². The third-order valence-electron chi connectivity index (χ3n) is 3.65. The largest absolute Gasteiger partial charge is 0.508 e. The zero-order valence-electron chi connectivity index (χ0n) is 13.6. The van der Waals surface area contributed by atoms with Gasteiger partial charge < -0.3 is 5.11 Å². The molecule has 1 fully saturated rings. The predicted molar refractivity (Wildman–Crippen MR) is 99.3 cm³/mol. The molecule has 5 heteroatoms. The highest BCUT2D eigenvalue weighted by molar-refractivity contribution is 8.18. The lowest BCUT2D eigenvalue weighted by Gasteiger charge is -2.11. The van der Waals surface area contributed by atoms with Gasteiger partial charge in [0, 0.05) is 6.54 Å². The molecule has 1 heterocycles. The maximum Gasteiger partial charge on any atom is 0.266 e. The van der Waals surface area contributed by atoms with Gasteiger partial charge in [-0.1, -0.05) is 29.8 Å². The minimum Gasteiger partial charge on any atom is -0.508 e. The highest BCUT2D eigenvalue weighted by Gasteiger charge is 2.32. The van der Waals surface area contributed by atoms with Crippen LogP contribution in [-0.2, 0) is 4.79 Å². The van der Waals surface area contributed by atoms with Gasteiger partial charge in [-0.3, -0.25) is 9.69 Å². The Kier molecular flexibility index (Phi) is 4.71. The summed E-state index contributed by atoms with van der Waals surface area (Å²) in [6.07, 6.45) is 1.90. The molecule has 1 N–H and O–H groups in total. The summed E-state index contributed by atoms with van der Waals surface area (Å²) in [6, 6.07) is 14.7. The second-order valence-electron chi connectivity index (χ2n) is 5.48. The lowest BCUT2D eigenvalue weighted by atomic mass is 10.1. The number of carbonyl (C=O) groups excluding carboxylic acids is 1. The third kappa shape index (κ3) is 3.51. The number of hydrogen-bond acceptors (Lipinski definition) is 4. The van der Waals surface area contributed by atoms with E-state index in [1.165, 1.54) is 17.3 Å². The molecule has 3 rings (SSSR count). The van der Waals surface area contributed by atoms with Gasteiger partial charge in [-0.2, -0.15) is 0 Å². The fourth-order valence-corrected chi connectivity index (χ4v) is 3.38. The number of aliphatic imine (C=N–C) groups is 1. The quantitative estimate of drug-likeness (QED) is 0.848. The van der Waals surface area contributed by atoms with Crippen LogP contribution in [0, 0.1) is 6.92 Å². The Bertz CT molecular complexity index is 808. The van der Waals surface area contributed by atoms with E-state index in [0.717, 1.165) is 5.56 Å². The van der Waals surface area contributed by atoms with Gasteiger partial charge in [0.1, 0.15) is 5.75 Å². The van der Waals surface area contributed by atoms with E-state index in [-0.39, 0.29) is 11.7 Å². The van der Waals surface area contributed by atoms with Crippen LogP contribution in [0.25, 0.3) is 6.08 Å². The van der Waals surface area contributed by atoms with Crippen molar-refractivity contribution in [3.8, 4) is 5.75 Å². The number of carbonyl (C=O) groups is 1. The molecule has 2 aromatic rings. The van der Waals surface area contributed by atoms with Gasteiger partial charge in [0.15, 0.2) is 5.17 Å². The maximum absolute atomic E-state index is 12.6. The van der Waals surface area contributed by atoms with Gasteiger partial charge in [-0.05, 0) is 61.5 Å². The summed E-state index contributed by atoms with van der Waals surface area (Å²) in [7, 11) is 0. The van der Waals surface area contributed by atoms with E-state index in [0.29, 0.717) is 22.3 Å². The molecule has 1 aliphatic heterocycles. The first kappa shape index (κ1) is 16.3. The predicted octanol–water partition coefficient (Wildman–Crippen LogP) is 4.32. The highest BCUT2D eigenvalue weighted by atomic mass is 32.2. The van der Waals surface area contributed by atoms with Crippen LogP contribution in [0.1, 0.15) is 18.1 Å². The number of likely N-dealkylation sites (N-methyl/N-ethyl adjacent to an activating group) is 1. The van der Waals surface area contributed by atoms with Crippen molar-refractivity contribution in [3.05, 3.63) is 64.6 Å². The Balaban J connectivity index is 1.91. The summed E-state index contributed by atoms with van der Waals surface area (Å²) in [4.78, 5) is 19.4. The van der Waals surface area contributed by atoms with Crippen LogP contribution in [0.2, 0.25) is 0 Å². The van der Waals surface area contributed by atoms with Gasteiger partial charge in [0.25, 0.3) is 5.91 Å². The Morgan fingerprint density at radius 2 is 1.79 bits per heavy atom. The van der Waals surface area contributed by atoms with E-state index in [9.17, 15) is 9.90 Å². The Morgan fingerprint density at radius 1 is 1.12 bits per heavy atom. The van der Waals surface area contributed by atoms with Crippen molar-refractivity contribution in [2.45, 2.75) is 13.8 Å². The summed E-state index contributed by atoms with van der Waals surface area (Å²) in [5.41, 5.74) is 2.89. The molecule has 1 amide bonds. The number of amides is 1. The summed E-state index contributed by atoms with van der Waals surface area (Å²) >= 11 is 1.37. The minimum atomic E-state index is -0.0272. The molecule has 1 saturated heterocycles. The number of phenolic OH excluding ortho intramolecular Hbond substituents is 1. The average molecular weight is 338 g/mol. The third-order valence-corrected chi connectivity index (χ3v) is 4.66. The van der Waals surface area contributed by atoms with Gasteiger partial charge in [0.2, 0.25) is 0 Å². The normalized spacial score (nSPS) is 17.9. The van der Waals surface area contributed by atoms with Crippen molar-refractivity contribution in [1.29, 1.82) is 0 Å². The van der Waals surface area contributed by atoms with E-state index >= 15 is 0 Å². The van der Waals surface area contributed by atoms with Crippen LogP contribution in [-0.4, -0.2) is 27.6 Å². The summed E-state index contributed by atoms with van der Waals surface area (Å²) in [5.74, 6) is 0.169. The molecule has 0 atom stereocenters. The Labute approximate surface area is 145 Å². The number of benzene rings is 2. The zero-order chi connectivity index (χ0) is 17.1. The van der Waals surface area contributed by atoms with Gasteiger partial charge >= 0.3 is 0 Å². The second-order valence-corrected chi connectivity index (χ2v) is 6.49. The van der Waals surface area contributed by atoms with Crippen molar-refractivity contribution in [2.24, 2.45) is 4.99 Å². The molecule has 2 aromatic carbocycles. The molecule has 0 aliphatic carbocycles. The SMILES string of the molecule is CCN1C(=O)/C(=C/c2ccc(C)cc2)SC1=Nc1ccc(O)cc1. The first-order valence-electron chi connectivity index (χ1n) is 7.72. The lowest BCUT2D eigenvalue weighted by Crippen LogP contribution is -2.28. The molecule has 1 aliphatic rings. The van der Waals surface area contributed by atoms with Crippen LogP contribution in [0.15, 0.2) is 58.4 Å². The van der Waals surface area contributed by atoms with E-state index in [4.69, 9.17) is 0 Å². The number of phenols is 1. The molecule has 0 radical (unpaired) electrons. The zero-order valence-corrected chi connectivity index (χ0v) is 14.4. The second kappa shape index (κ2) is 6.93. The smallest absolute Gasteiger partial charge is 0.266 e. The number of amidine groups is 1. The molecule has 24 heavy (non-hydrogen) atoms. The standard InChI is InChI=1S/C19H18N2O2S/c1-3-21-18(23)17(12-14-6-4-13(2)5-7-14)24-19(21)20-15-8-10-16(22)11-9-15/h4-12,22H,3H2,1-2H3/b17-12-,20-19?. The molecular formula is C19H18N2O2S. The fraction of sp³-hybridized carbons (Fsp3) is 0.158. The van der Waals surface area contributed by atoms with Gasteiger partial charge in [-0.25, -0.2) is 4.99 Å². The molecule has 0 aromatic heterocycles. The number of rotatable bonds is 3. The van der Waals surface area contributed by atoms with Crippen LogP contribution >= 0.6 is 11.8 Å². The van der Waals surface area contributed by atoms with E-state index in [1.54, 1.807) is 29.2 Å². The number of thioether (sulfide) groups is 1. The molecule has 0 saturated carbocycles. The Morgan fingerprint density at radius 3 is 2.42 bits per heavy atom. The highest BCUT2D eigenvalue weighted by Crippen LogP contribution is 2.34. The van der Waals surface area contributed by atoms with Crippen LogP contribution in [0.3, 0.4) is 0 Å². The van der Waals surface area contributed by atoms with Crippen LogP contribution < -0.4 is 0 Å². The van der Waals surface area contributed by atoms with Crippen molar-refractivity contribution >= 4 is 34.6 Å². The van der Waals surface area contributed by atoms with E-state index in [2.05, 4.69) is 4.99 Å². The van der Waals surface area contributed by atoms with E-state index < -0.39 is 0 Å². The van der Waals surface area contributed by atoms with Crippen molar-refractivity contribution in [3.63, 3.8) is 0 Å². The van der Waals surface area contributed by atoms with Crippen molar-refractivity contribution in [2.75, 3.05) is 6.54 Å². The van der Waals surface area contributed by atoms with Crippen LogP contribution in [0.4, 0.5) is 5.69 Å². The number of nitrogens with zero attached hydrogens (tertiary/aromatic N) is 2. The lowest BCUT2D eigenvalue weighted by molar-refractivity contribution is -0.122. The number of aryl methyl sites for hydroxylation is 1. The number of hydrogen-bond donors (Lipinski definition) is 1. The average Bonchev–Trinajstić information content (AvgIpc) is 2.86. The molecule has 0 unspecified atom stereocenters. The summed E-state index contributed by atoms with van der Waals surface area (Å²) < 4.78 is 0. The molecule has 0 spiro atoms. The fourth-order valence-electron chi connectivity index (χ4n) is 2.32. The molecule has 122 valence electrons. The first-order chi connectivity index (χ1) is 11.6. The van der Waals surface area contributed by atoms with E-state index in [1.807, 2.05) is 44.2 Å². The van der Waals surface area contributed by atoms with Crippen molar-refractivity contribution in [1.82, 2.24) is 4.90 Å². The van der Waals surface area contributed by atoms with Crippen molar-refractivity contribution < 1.29 is 9.90 Å². The monoisotopic (exact) mass is 338 g/mol. The molecular weight excluding hydrogens is 320 g/mol. The maximum atomic E-state index is 12.6. The molecule has 4 nitrogen and oxygen atoms in total. The summed E-state index contributed by atoms with van der Waals surface area (Å²) in [6.45, 7) is 4.53. The molecule has 0 bridgehead atoms. The number of aromatic hydroxyl groups is 1.